The molecule has 2 aromatic rings. The number of hydrogen-bond acceptors (Lipinski definition) is 7. The molecule has 0 fully saturated rings. The minimum Gasteiger partial charge on any atom is -0.478 e. The second-order valence-corrected chi connectivity index (χ2v) is 5.42. The van der Waals surface area contributed by atoms with E-state index in [0.717, 1.165) is 24.3 Å². The van der Waals surface area contributed by atoms with Gasteiger partial charge in [-0.05, 0) is 36.4 Å². The molecule has 4 N–H and O–H groups in total. The smallest absolute Gasteiger partial charge is 0.346 e. The van der Waals surface area contributed by atoms with Gasteiger partial charge in [-0.3, -0.25) is 0 Å². The molecule has 0 spiro atoms. The first-order chi connectivity index (χ1) is 13.5. The Morgan fingerprint density at radius 1 is 0.517 bits per heavy atom. The first-order valence-corrected chi connectivity index (χ1v) is 7.50. The molecule has 0 unspecified atom stereocenters. The van der Waals surface area contributed by atoms with E-state index in [-0.39, 0.29) is 0 Å². The highest BCUT2D eigenvalue weighted by molar-refractivity contribution is 6.10. The first-order valence-electron chi connectivity index (χ1n) is 7.50. The Balaban J connectivity index is 2.37. The molecule has 0 bridgehead atoms. The van der Waals surface area contributed by atoms with Gasteiger partial charge in [0.1, 0.15) is 0 Å². The van der Waals surface area contributed by atoms with Crippen LogP contribution in [-0.4, -0.2) is 56.2 Å². The lowest BCUT2D eigenvalue weighted by Crippen LogP contribution is -2.18. The lowest BCUT2D eigenvalue weighted by Gasteiger charge is -2.08. The summed E-state index contributed by atoms with van der Waals surface area (Å²) in [7, 11) is 0. The topological polar surface area (TPSA) is 193 Å². The lowest BCUT2D eigenvalue weighted by atomic mass is 10.0. The number of benzene rings is 2. The summed E-state index contributed by atoms with van der Waals surface area (Å²) in [5.41, 5.74) is -3.55. The van der Waals surface area contributed by atoms with E-state index in [2.05, 4.69) is 4.74 Å². The van der Waals surface area contributed by atoms with Crippen LogP contribution in [0.5, 0.6) is 0 Å². The van der Waals surface area contributed by atoms with Crippen LogP contribution in [0.25, 0.3) is 0 Å². The van der Waals surface area contributed by atoms with Gasteiger partial charge in [-0.1, -0.05) is 0 Å². The van der Waals surface area contributed by atoms with Crippen molar-refractivity contribution < 1.29 is 53.9 Å². The van der Waals surface area contributed by atoms with E-state index in [1.54, 1.807) is 0 Å². The number of carboxylic acid groups (broad SMARTS) is 4. The van der Waals surface area contributed by atoms with Crippen molar-refractivity contribution in [1.82, 2.24) is 0 Å². The molecule has 0 atom stereocenters. The van der Waals surface area contributed by atoms with Crippen LogP contribution in [0, 0.1) is 0 Å². The maximum atomic E-state index is 12.2. The molecule has 0 saturated carbocycles. The highest BCUT2D eigenvalue weighted by Gasteiger charge is 2.24. The Hall–Kier alpha value is -4.54. The van der Waals surface area contributed by atoms with E-state index in [4.69, 9.17) is 20.4 Å². The second-order valence-electron chi connectivity index (χ2n) is 5.42. The third-order valence-electron chi connectivity index (χ3n) is 3.62. The highest BCUT2D eigenvalue weighted by atomic mass is 16.6. The van der Waals surface area contributed by atoms with Crippen LogP contribution in [0.3, 0.4) is 0 Å². The standard InChI is InChI=1S/C18H10O11/c19-13(20)7-1-4-10(12(5-7)16(25)26)18(28)29-17(27)8-2-3-9(14(21)22)11(6-8)15(23)24/h1-6H,(H,19,20)(H,21,22)(H,23,24)(H,25,26). The molecule has 0 heterocycles. The van der Waals surface area contributed by atoms with Crippen LogP contribution in [0.15, 0.2) is 36.4 Å². The molecule has 0 aliphatic rings. The van der Waals surface area contributed by atoms with Crippen molar-refractivity contribution >= 4 is 35.8 Å². The van der Waals surface area contributed by atoms with Crippen molar-refractivity contribution in [1.29, 1.82) is 0 Å². The number of aromatic carboxylic acids is 4. The van der Waals surface area contributed by atoms with Gasteiger partial charge in [-0.25, -0.2) is 28.8 Å². The summed E-state index contributed by atoms with van der Waals surface area (Å²) < 4.78 is 4.52. The average molecular weight is 402 g/mol. The van der Waals surface area contributed by atoms with Gasteiger partial charge in [-0.15, -0.1) is 0 Å². The summed E-state index contributed by atoms with van der Waals surface area (Å²) in [4.78, 5) is 68.7. The van der Waals surface area contributed by atoms with Gasteiger partial charge >= 0.3 is 35.8 Å². The molecule has 11 heteroatoms. The fraction of sp³-hybridized carbons (Fsp3) is 0. The van der Waals surface area contributed by atoms with Gasteiger partial charge in [0.05, 0.1) is 33.4 Å². The van der Waals surface area contributed by atoms with Crippen LogP contribution in [0.4, 0.5) is 0 Å². The van der Waals surface area contributed by atoms with Crippen LogP contribution >= 0.6 is 0 Å². The van der Waals surface area contributed by atoms with Crippen LogP contribution in [0.1, 0.15) is 62.1 Å². The van der Waals surface area contributed by atoms with Gasteiger partial charge in [-0.2, -0.15) is 0 Å². The molecule has 2 aromatic carbocycles. The third kappa shape index (κ3) is 4.42. The Morgan fingerprint density at radius 3 is 1.48 bits per heavy atom. The van der Waals surface area contributed by atoms with Crippen LogP contribution in [-0.2, 0) is 4.74 Å². The molecule has 148 valence electrons. The zero-order valence-corrected chi connectivity index (χ0v) is 14.1. The van der Waals surface area contributed by atoms with E-state index in [1.165, 1.54) is 0 Å². The highest BCUT2D eigenvalue weighted by Crippen LogP contribution is 2.17. The Kier molecular flexibility index (Phi) is 5.73. The second kappa shape index (κ2) is 8.00. The predicted molar refractivity (Wildman–Crippen MR) is 90.5 cm³/mol. The van der Waals surface area contributed by atoms with Crippen molar-refractivity contribution in [2.24, 2.45) is 0 Å². The van der Waals surface area contributed by atoms with Gasteiger partial charge in [0.15, 0.2) is 0 Å². The van der Waals surface area contributed by atoms with Crippen molar-refractivity contribution in [2.75, 3.05) is 0 Å². The molecular weight excluding hydrogens is 392 g/mol. The number of carboxylic acids is 4. The van der Waals surface area contributed by atoms with Gasteiger partial charge in [0.25, 0.3) is 0 Å². The Morgan fingerprint density at radius 2 is 0.966 bits per heavy atom. The predicted octanol–water partition coefficient (Wildman–Crippen LogP) is 1.48. The Bertz CT molecular complexity index is 1080. The summed E-state index contributed by atoms with van der Waals surface area (Å²) in [5.74, 6) is -9.07. The fourth-order valence-electron chi connectivity index (χ4n) is 2.26. The van der Waals surface area contributed by atoms with Gasteiger partial charge in [0, 0.05) is 0 Å². The molecule has 0 aromatic heterocycles. The van der Waals surface area contributed by atoms with Crippen molar-refractivity contribution in [3.05, 3.63) is 69.8 Å². The molecule has 11 nitrogen and oxygen atoms in total. The zero-order valence-electron chi connectivity index (χ0n) is 14.1. The molecule has 0 aliphatic carbocycles. The van der Waals surface area contributed by atoms with E-state index >= 15 is 0 Å². The largest absolute Gasteiger partial charge is 0.478 e. The third-order valence-corrected chi connectivity index (χ3v) is 3.62. The van der Waals surface area contributed by atoms with Gasteiger partial charge in [0.2, 0.25) is 0 Å². The molecule has 2 rings (SSSR count). The maximum Gasteiger partial charge on any atom is 0.346 e. The maximum absolute atomic E-state index is 12.2. The normalized spacial score (nSPS) is 10.1. The van der Waals surface area contributed by atoms with Crippen LogP contribution in [0.2, 0.25) is 0 Å². The first kappa shape index (κ1) is 20.8. The molecule has 0 aliphatic heterocycles. The van der Waals surface area contributed by atoms with Crippen LogP contribution < -0.4 is 0 Å². The van der Waals surface area contributed by atoms with E-state index in [0.29, 0.717) is 12.1 Å². The number of esters is 2. The number of hydrogen-bond donors (Lipinski definition) is 4. The molecule has 0 radical (unpaired) electrons. The SMILES string of the molecule is O=C(O)c1ccc(C(=O)OC(=O)c2ccc(C(=O)O)c(C(=O)O)c2)c(C(=O)O)c1. The summed E-state index contributed by atoms with van der Waals surface area (Å²) in [6.07, 6.45) is 0. The summed E-state index contributed by atoms with van der Waals surface area (Å²) in [6, 6.07) is 4.91. The minimum atomic E-state index is -1.65. The molecule has 29 heavy (non-hydrogen) atoms. The van der Waals surface area contributed by atoms with Gasteiger partial charge < -0.3 is 25.2 Å². The fourth-order valence-corrected chi connectivity index (χ4v) is 2.26. The minimum absolute atomic E-state index is 0.416. The van der Waals surface area contributed by atoms with Crippen molar-refractivity contribution in [3.8, 4) is 0 Å². The van der Waals surface area contributed by atoms with E-state index in [9.17, 15) is 28.8 Å². The number of ether oxygens (including phenoxy) is 1. The average Bonchev–Trinajstić information content (AvgIpc) is 2.66. The molecule has 0 saturated heterocycles. The quantitative estimate of drug-likeness (QED) is 0.404. The lowest BCUT2D eigenvalue weighted by molar-refractivity contribution is 0.0390. The number of carbonyl (C=O) groups is 6. The van der Waals surface area contributed by atoms with Crippen molar-refractivity contribution in [2.45, 2.75) is 0 Å². The van der Waals surface area contributed by atoms with E-state index < -0.39 is 69.2 Å². The molecule has 0 amide bonds. The monoisotopic (exact) mass is 402 g/mol. The number of rotatable bonds is 6. The summed E-state index contributed by atoms with van der Waals surface area (Å²) in [6.45, 7) is 0. The summed E-state index contributed by atoms with van der Waals surface area (Å²) in [5, 5.41) is 36.0. The zero-order chi connectivity index (χ0) is 21.9. The summed E-state index contributed by atoms with van der Waals surface area (Å²) >= 11 is 0. The van der Waals surface area contributed by atoms with E-state index in [1.807, 2.05) is 0 Å². The van der Waals surface area contributed by atoms with Crippen molar-refractivity contribution in [3.63, 3.8) is 0 Å². The number of carbonyl (C=O) groups excluding carboxylic acids is 2. The Labute approximate surface area is 160 Å². The molecular formula is C18H10O11.